The number of aliphatic hydroxyl groups excluding tert-OH is 1. The van der Waals surface area contributed by atoms with E-state index in [9.17, 15) is 29.4 Å². The van der Waals surface area contributed by atoms with Crippen molar-refractivity contribution in [3.05, 3.63) is 47.0 Å². The predicted octanol–water partition coefficient (Wildman–Crippen LogP) is 6.14. The quantitative estimate of drug-likeness (QED) is 0.137. The topological polar surface area (TPSA) is 190 Å². The van der Waals surface area contributed by atoms with Crippen LogP contribution in [0.1, 0.15) is 57.8 Å². The zero-order valence-corrected chi connectivity index (χ0v) is 34.5. The van der Waals surface area contributed by atoms with E-state index in [4.69, 9.17) is 103 Å². The van der Waals surface area contributed by atoms with Crippen molar-refractivity contribution >= 4 is 99.6 Å². The molecule has 1 heterocycles. The van der Waals surface area contributed by atoms with Crippen molar-refractivity contribution in [3.8, 4) is 0 Å². The Morgan fingerprint density at radius 3 is 1.98 bits per heavy atom. The zero-order chi connectivity index (χ0) is 41.1. The van der Waals surface area contributed by atoms with Crippen LogP contribution in [0.15, 0.2) is 41.5 Å². The van der Waals surface area contributed by atoms with Crippen LogP contribution in [0.5, 0.6) is 0 Å². The SMILES string of the molecule is CC(=O)O[C@@]12CO[C@@H]1C[C@H](OC(=O)OCC(Cl)(Cl)Cl)[C@@]1(C)C(=O)[C@H](OC(=O)OCC(Cl)(Cl)Cl)C3=C(C)[C@@H](O)C[C@@](O)([C@@H](OC(=O)c4ccccc4)[C@H]21)C3(C)C. The molecule has 55 heavy (non-hydrogen) atoms. The fraction of sp³-hybridized carbons (Fsp3) is 0.629. The van der Waals surface area contributed by atoms with Gasteiger partial charge >= 0.3 is 24.2 Å². The molecule has 3 fully saturated rings. The summed E-state index contributed by atoms with van der Waals surface area (Å²) in [5, 5.41) is 24.8. The van der Waals surface area contributed by atoms with Crippen LogP contribution in [0.4, 0.5) is 9.59 Å². The molecule has 9 atom stereocenters. The number of carbonyl (C=O) groups excluding carboxylic acids is 5. The Morgan fingerprint density at radius 2 is 1.47 bits per heavy atom. The number of rotatable bonds is 7. The van der Waals surface area contributed by atoms with E-state index in [1.165, 1.54) is 39.8 Å². The monoisotopic (exact) mass is 892 g/mol. The molecule has 0 spiro atoms. The maximum atomic E-state index is 15.6. The van der Waals surface area contributed by atoms with Gasteiger partial charge in [-0.2, -0.15) is 0 Å². The third-order valence-electron chi connectivity index (χ3n) is 11.1. The van der Waals surface area contributed by atoms with Gasteiger partial charge in [0.2, 0.25) is 7.59 Å². The number of Topliss-reactive ketones (excluding diaryl/α,β-unsaturated/α-hetero) is 1. The summed E-state index contributed by atoms with van der Waals surface area (Å²) in [5.74, 6) is -4.48. The number of esters is 2. The molecule has 0 aromatic heterocycles. The summed E-state index contributed by atoms with van der Waals surface area (Å²) in [7, 11) is 0. The summed E-state index contributed by atoms with van der Waals surface area (Å²) in [4.78, 5) is 69.2. The van der Waals surface area contributed by atoms with E-state index < -0.39 is 116 Å². The second-order valence-electron chi connectivity index (χ2n) is 14.7. The molecule has 1 aromatic rings. The molecule has 304 valence electrons. The van der Waals surface area contributed by atoms with Crippen molar-refractivity contribution < 1.29 is 67.3 Å². The molecule has 2 saturated carbocycles. The summed E-state index contributed by atoms with van der Waals surface area (Å²) in [5.41, 5.74) is -8.11. The molecule has 2 N–H and O–H groups in total. The Hall–Kier alpha value is -2.27. The molecule has 4 aliphatic rings. The molecule has 3 aliphatic carbocycles. The van der Waals surface area contributed by atoms with Crippen molar-refractivity contribution in [2.75, 3.05) is 19.8 Å². The molecule has 2 bridgehead atoms. The van der Waals surface area contributed by atoms with Crippen LogP contribution in [0, 0.1) is 16.7 Å². The molecule has 14 nitrogen and oxygen atoms in total. The lowest BCUT2D eigenvalue weighted by atomic mass is 9.44. The highest BCUT2D eigenvalue weighted by atomic mass is 35.6. The highest BCUT2D eigenvalue weighted by Gasteiger charge is 2.79. The number of hydrogen-bond acceptors (Lipinski definition) is 14. The zero-order valence-electron chi connectivity index (χ0n) is 29.9. The lowest BCUT2D eigenvalue weighted by molar-refractivity contribution is -0.346. The molecular weight excluding hydrogens is 857 g/mol. The molecule has 1 aliphatic heterocycles. The van der Waals surface area contributed by atoms with Crippen molar-refractivity contribution in [3.63, 3.8) is 0 Å². The summed E-state index contributed by atoms with van der Waals surface area (Å²) in [6, 6.07) is 7.71. The Balaban J connectivity index is 1.80. The van der Waals surface area contributed by atoms with Gasteiger partial charge in [-0.3, -0.25) is 9.59 Å². The van der Waals surface area contributed by atoms with Gasteiger partial charge in [-0.15, -0.1) is 0 Å². The molecule has 0 radical (unpaired) electrons. The number of alkyl halides is 6. The number of hydrogen-bond donors (Lipinski definition) is 2. The summed E-state index contributed by atoms with van der Waals surface area (Å²) >= 11 is 34.7. The predicted molar refractivity (Wildman–Crippen MR) is 196 cm³/mol. The number of ketones is 1. The Labute approximate surface area is 345 Å². The first-order chi connectivity index (χ1) is 25.3. The van der Waals surface area contributed by atoms with Crippen LogP contribution >= 0.6 is 69.6 Å². The summed E-state index contributed by atoms with van der Waals surface area (Å²) < 4.78 is 35.6. The fourth-order valence-electron chi connectivity index (χ4n) is 8.45. The van der Waals surface area contributed by atoms with Crippen molar-refractivity contribution in [1.82, 2.24) is 0 Å². The maximum absolute atomic E-state index is 15.6. The van der Waals surface area contributed by atoms with Crippen LogP contribution in [-0.2, 0) is 42.7 Å². The van der Waals surface area contributed by atoms with E-state index in [0.29, 0.717) is 0 Å². The molecule has 0 unspecified atom stereocenters. The summed E-state index contributed by atoms with van der Waals surface area (Å²) in [6.45, 7) is 4.91. The number of carbonyl (C=O) groups is 5. The van der Waals surface area contributed by atoms with E-state index in [-0.39, 0.29) is 29.7 Å². The second kappa shape index (κ2) is 15.5. The average molecular weight is 895 g/mol. The number of fused-ring (bicyclic) bond motifs is 5. The largest absolute Gasteiger partial charge is 0.509 e. The van der Waals surface area contributed by atoms with Crippen LogP contribution in [0.2, 0.25) is 0 Å². The van der Waals surface area contributed by atoms with Crippen molar-refractivity contribution in [1.29, 1.82) is 0 Å². The van der Waals surface area contributed by atoms with Gasteiger partial charge in [-0.05, 0) is 37.1 Å². The minimum Gasteiger partial charge on any atom is -0.455 e. The Kier molecular flexibility index (Phi) is 12.3. The van der Waals surface area contributed by atoms with Gasteiger partial charge in [0.25, 0.3) is 0 Å². The number of benzene rings is 1. The number of ether oxygens (including phenoxy) is 7. The van der Waals surface area contributed by atoms with Gasteiger partial charge in [0.05, 0.1) is 29.6 Å². The molecule has 1 saturated heterocycles. The average Bonchev–Trinajstić information content (AvgIpc) is 3.07. The Morgan fingerprint density at radius 1 is 0.909 bits per heavy atom. The molecule has 5 rings (SSSR count). The van der Waals surface area contributed by atoms with Crippen LogP contribution in [0.3, 0.4) is 0 Å². The molecule has 20 heteroatoms. The first-order valence-corrected chi connectivity index (χ1v) is 19.1. The first kappa shape index (κ1) is 43.8. The number of halogens is 6. The third kappa shape index (κ3) is 8.22. The van der Waals surface area contributed by atoms with Crippen LogP contribution in [-0.4, -0.2) is 109 Å². The summed E-state index contributed by atoms with van der Waals surface area (Å²) in [6.07, 6.45) is -11.9. The third-order valence-corrected chi connectivity index (χ3v) is 11.7. The number of aliphatic hydroxyl groups is 2. The van der Waals surface area contributed by atoms with E-state index in [1.807, 2.05) is 0 Å². The highest BCUT2D eigenvalue weighted by molar-refractivity contribution is 6.68. The van der Waals surface area contributed by atoms with Gasteiger partial charge < -0.3 is 43.4 Å². The van der Waals surface area contributed by atoms with Crippen molar-refractivity contribution in [2.24, 2.45) is 16.7 Å². The minimum atomic E-state index is -2.37. The fourth-order valence-corrected chi connectivity index (χ4v) is 8.78. The van der Waals surface area contributed by atoms with E-state index in [1.54, 1.807) is 18.2 Å². The molecule has 0 amide bonds. The lowest BCUT2D eigenvalue weighted by Gasteiger charge is -2.67. The second-order valence-corrected chi connectivity index (χ2v) is 19.7. The van der Waals surface area contributed by atoms with Gasteiger partial charge in [-0.25, -0.2) is 14.4 Å². The van der Waals surface area contributed by atoms with E-state index >= 15 is 4.79 Å². The van der Waals surface area contributed by atoms with Crippen LogP contribution in [0.25, 0.3) is 0 Å². The van der Waals surface area contributed by atoms with Gasteiger partial charge in [-0.1, -0.05) is 102 Å². The molecular formula is C35H38Cl6O14. The standard InChI is InChI=1S/C35H38Cl6O14/c1-16-19(43)12-33(48)26(54-27(45)18-9-7-6-8-10-18)24-31(5,25(44)23(22(16)30(33,3)4)53-29(47)51-15-35(39,40)41)20(52-28(46)50-14-34(36,37)38)11-21-32(24,13-49-21)55-17(2)42/h6-10,19-21,23-24,26,43,48H,11-15H2,1-5H3/t19-,20-,21+,23+,24-,26-,31+,32-,33+/m0/s1. The van der Waals surface area contributed by atoms with Gasteiger partial charge in [0.15, 0.2) is 17.5 Å². The highest BCUT2D eigenvalue weighted by Crippen LogP contribution is 2.64. The van der Waals surface area contributed by atoms with E-state index in [0.717, 1.165) is 6.92 Å². The first-order valence-electron chi connectivity index (χ1n) is 16.8. The van der Waals surface area contributed by atoms with Gasteiger partial charge in [0.1, 0.15) is 37.1 Å². The normalized spacial score (nSPS) is 34.0. The Bertz CT molecular complexity index is 1740. The molecule has 1 aromatic carbocycles. The van der Waals surface area contributed by atoms with Crippen molar-refractivity contribution in [2.45, 2.75) is 96.8 Å². The van der Waals surface area contributed by atoms with Crippen LogP contribution < -0.4 is 0 Å². The van der Waals surface area contributed by atoms with E-state index in [2.05, 4.69) is 0 Å². The smallest absolute Gasteiger partial charge is 0.455 e. The maximum Gasteiger partial charge on any atom is 0.509 e. The minimum absolute atomic E-state index is 0.0436. The van der Waals surface area contributed by atoms with Gasteiger partial charge in [0, 0.05) is 25.2 Å². The lowest BCUT2D eigenvalue weighted by Crippen LogP contribution is -2.82.